The minimum Gasteiger partial charge on any atom is -0.353 e. The first kappa shape index (κ1) is 23.1. The number of hydrogen-bond donors (Lipinski definition) is 0. The summed E-state index contributed by atoms with van der Waals surface area (Å²) in [5.41, 5.74) is 0.798. The van der Waals surface area contributed by atoms with Gasteiger partial charge in [-0.3, -0.25) is 9.59 Å². The second kappa shape index (κ2) is 11.7. The molecule has 0 saturated carbocycles. The molecule has 2 fully saturated rings. The van der Waals surface area contributed by atoms with Gasteiger partial charge in [-0.25, -0.2) is 0 Å². The van der Waals surface area contributed by atoms with Crippen LogP contribution < -0.4 is 0 Å². The van der Waals surface area contributed by atoms with Gasteiger partial charge in [-0.15, -0.1) is 0 Å². The van der Waals surface area contributed by atoms with Gasteiger partial charge < -0.3 is 19.3 Å². The van der Waals surface area contributed by atoms with Crippen LogP contribution in [0.1, 0.15) is 37.7 Å². The van der Waals surface area contributed by atoms with E-state index in [4.69, 9.17) is 32.7 Å². The van der Waals surface area contributed by atoms with Crippen LogP contribution >= 0.6 is 23.2 Å². The summed E-state index contributed by atoms with van der Waals surface area (Å²) in [7, 11) is 0. The van der Waals surface area contributed by atoms with Gasteiger partial charge >= 0.3 is 0 Å². The van der Waals surface area contributed by atoms with Gasteiger partial charge in [-0.05, 0) is 49.5 Å². The van der Waals surface area contributed by atoms with E-state index in [1.165, 1.54) is 6.08 Å². The van der Waals surface area contributed by atoms with Gasteiger partial charge in [0.05, 0.1) is 16.7 Å². The zero-order valence-electron chi connectivity index (χ0n) is 17.0. The highest BCUT2D eigenvalue weighted by molar-refractivity contribution is 6.42. The first-order chi connectivity index (χ1) is 14.5. The molecule has 2 aliphatic rings. The number of hydrogen-bond acceptors (Lipinski definition) is 4. The molecule has 2 heterocycles. The van der Waals surface area contributed by atoms with Gasteiger partial charge in [0.15, 0.2) is 6.29 Å². The molecule has 0 bridgehead atoms. The number of halogens is 2. The van der Waals surface area contributed by atoms with E-state index >= 15 is 0 Å². The summed E-state index contributed by atoms with van der Waals surface area (Å²) < 4.78 is 11.3. The van der Waals surface area contributed by atoms with Crippen LogP contribution in [-0.4, -0.2) is 67.3 Å². The number of benzene rings is 1. The molecule has 0 aliphatic carbocycles. The summed E-state index contributed by atoms with van der Waals surface area (Å²) in [6.07, 6.45) is 7.38. The summed E-state index contributed by atoms with van der Waals surface area (Å²) in [5, 5.41) is 0.921. The number of amides is 2. The van der Waals surface area contributed by atoms with E-state index in [0.717, 1.165) is 37.9 Å². The number of ether oxygens (including phenoxy) is 2. The molecule has 0 N–H and O–H groups in total. The van der Waals surface area contributed by atoms with Crippen LogP contribution in [0.15, 0.2) is 24.3 Å². The molecule has 8 heteroatoms. The third-order valence-electron chi connectivity index (χ3n) is 5.28. The summed E-state index contributed by atoms with van der Waals surface area (Å²) in [6.45, 7) is 3.44. The summed E-state index contributed by atoms with van der Waals surface area (Å²) in [4.78, 5) is 28.5. The average Bonchev–Trinajstić information content (AvgIpc) is 2.94. The maximum absolute atomic E-state index is 12.5. The fraction of sp³-hybridized carbons (Fsp3) is 0.545. The molecule has 2 saturated heterocycles. The lowest BCUT2D eigenvalue weighted by atomic mass is 10.2. The average molecular weight is 455 g/mol. The molecule has 30 heavy (non-hydrogen) atoms. The van der Waals surface area contributed by atoms with Crippen molar-refractivity contribution >= 4 is 41.1 Å². The van der Waals surface area contributed by atoms with Crippen LogP contribution in [0.5, 0.6) is 0 Å². The van der Waals surface area contributed by atoms with E-state index in [1.54, 1.807) is 29.2 Å². The van der Waals surface area contributed by atoms with Crippen molar-refractivity contribution in [2.24, 2.45) is 0 Å². The van der Waals surface area contributed by atoms with Crippen LogP contribution in [0.4, 0.5) is 0 Å². The number of nitrogens with zero attached hydrogens (tertiary/aromatic N) is 2. The number of carbonyl (C=O) groups is 2. The highest BCUT2D eigenvalue weighted by Gasteiger charge is 2.22. The molecule has 2 amide bonds. The van der Waals surface area contributed by atoms with Gasteiger partial charge in [0.1, 0.15) is 0 Å². The first-order valence-electron chi connectivity index (χ1n) is 10.5. The lowest BCUT2D eigenvalue weighted by Crippen LogP contribution is -2.36. The Balaban J connectivity index is 1.43. The second-order valence-corrected chi connectivity index (χ2v) is 8.30. The van der Waals surface area contributed by atoms with Crippen molar-refractivity contribution in [3.63, 3.8) is 0 Å². The first-order valence-corrected chi connectivity index (χ1v) is 11.2. The summed E-state index contributed by atoms with van der Waals surface area (Å²) in [6, 6.07) is 5.20. The zero-order valence-corrected chi connectivity index (χ0v) is 18.5. The normalized spacial score (nSPS) is 20.6. The summed E-state index contributed by atoms with van der Waals surface area (Å²) >= 11 is 11.9. The highest BCUT2D eigenvalue weighted by Crippen LogP contribution is 2.23. The monoisotopic (exact) mass is 454 g/mol. The minimum absolute atomic E-state index is 0.0766. The molecule has 1 aromatic carbocycles. The van der Waals surface area contributed by atoms with E-state index in [1.807, 2.05) is 4.90 Å². The fourth-order valence-electron chi connectivity index (χ4n) is 3.53. The summed E-state index contributed by atoms with van der Waals surface area (Å²) in [5.74, 6) is -0.0406. The molecule has 1 atom stereocenters. The van der Waals surface area contributed by atoms with Gasteiger partial charge in [-0.1, -0.05) is 29.3 Å². The molecule has 1 aromatic rings. The van der Waals surface area contributed by atoms with E-state index in [9.17, 15) is 9.59 Å². The van der Waals surface area contributed by atoms with Crippen LogP contribution in [0, 0.1) is 0 Å². The Kier molecular flexibility index (Phi) is 9.00. The Morgan fingerprint density at radius 2 is 2.07 bits per heavy atom. The van der Waals surface area contributed by atoms with Crippen molar-refractivity contribution in [1.29, 1.82) is 0 Å². The predicted molar refractivity (Wildman–Crippen MR) is 117 cm³/mol. The predicted octanol–water partition coefficient (Wildman–Crippen LogP) is 4.00. The molecule has 164 valence electrons. The maximum Gasteiger partial charge on any atom is 0.246 e. The molecular formula is C22H28Cl2N2O4. The molecule has 0 spiro atoms. The fourth-order valence-corrected chi connectivity index (χ4v) is 3.83. The van der Waals surface area contributed by atoms with Crippen molar-refractivity contribution in [3.8, 4) is 0 Å². The molecule has 0 aromatic heterocycles. The molecular weight excluding hydrogens is 427 g/mol. The third kappa shape index (κ3) is 6.98. The van der Waals surface area contributed by atoms with Crippen LogP contribution in [-0.2, 0) is 19.1 Å². The van der Waals surface area contributed by atoms with Gasteiger partial charge in [0.2, 0.25) is 11.8 Å². The minimum atomic E-state index is -0.117. The highest BCUT2D eigenvalue weighted by atomic mass is 35.5. The number of rotatable bonds is 7. The lowest BCUT2D eigenvalue weighted by Gasteiger charge is -2.24. The van der Waals surface area contributed by atoms with E-state index < -0.39 is 0 Å². The van der Waals surface area contributed by atoms with Crippen LogP contribution in [0.3, 0.4) is 0 Å². The second-order valence-electron chi connectivity index (χ2n) is 7.48. The van der Waals surface area contributed by atoms with E-state index in [0.29, 0.717) is 49.3 Å². The van der Waals surface area contributed by atoms with E-state index in [-0.39, 0.29) is 18.1 Å². The van der Waals surface area contributed by atoms with Crippen molar-refractivity contribution < 1.29 is 19.1 Å². The molecule has 6 nitrogen and oxygen atoms in total. The molecule has 3 rings (SSSR count). The standard InChI is InChI=1S/C22H28Cl2N2O4/c23-18-7-5-17(16-19(18)24)6-8-20(27)26-11-9-21(28)25(12-13-26)10-3-15-30-22-4-1-2-14-29-22/h5-8,16,22H,1-4,9-15H2/b8-6+. The smallest absolute Gasteiger partial charge is 0.246 e. The van der Waals surface area contributed by atoms with Gasteiger partial charge in [0.25, 0.3) is 0 Å². The molecule has 2 aliphatic heterocycles. The molecule has 1 unspecified atom stereocenters. The number of carbonyl (C=O) groups excluding carboxylic acids is 2. The van der Waals surface area contributed by atoms with Crippen LogP contribution in [0.2, 0.25) is 10.0 Å². The van der Waals surface area contributed by atoms with Gasteiger partial charge in [-0.2, -0.15) is 0 Å². The third-order valence-corrected chi connectivity index (χ3v) is 6.01. The van der Waals surface area contributed by atoms with Crippen LogP contribution in [0.25, 0.3) is 6.08 Å². The van der Waals surface area contributed by atoms with Crippen molar-refractivity contribution in [2.75, 3.05) is 39.4 Å². The zero-order chi connectivity index (χ0) is 21.3. The Labute approximate surface area is 187 Å². The van der Waals surface area contributed by atoms with Crippen molar-refractivity contribution in [3.05, 3.63) is 39.9 Å². The topological polar surface area (TPSA) is 59.1 Å². The Bertz CT molecular complexity index is 766. The maximum atomic E-state index is 12.5. The Hall–Kier alpha value is -1.60. The SMILES string of the molecule is O=C(/C=C/c1ccc(Cl)c(Cl)c1)N1CCC(=O)N(CCCOC2CCCCO2)CC1. The van der Waals surface area contributed by atoms with Gasteiger partial charge in [0, 0.05) is 45.3 Å². The lowest BCUT2D eigenvalue weighted by molar-refractivity contribution is -0.163. The largest absolute Gasteiger partial charge is 0.353 e. The Morgan fingerprint density at radius 3 is 2.83 bits per heavy atom. The molecule has 0 radical (unpaired) electrons. The van der Waals surface area contributed by atoms with Crippen molar-refractivity contribution in [1.82, 2.24) is 9.80 Å². The van der Waals surface area contributed by atoms with Crippen molar-refractivity contribution in [2.45, 2.75) is 38.4 Å². The van der Waals surface area contributed by atoms with E-state index in [2.05, 4.69) is 0 Å². The Morgan fingerprint density at radius 1 is 1.20 bits per heavy atom. The quantitative estimate of drug-likeness (QED) is 0.461.